The van der Waals surface area contributed by atoms with Crippen molar-refractivity contribution >= 4 is 21.6 Å². The van der Waals surface area contributed by atoms with Crippen molar-refractivity contribution in [3.05, 3.63) is 22.2 Å². The first-order chi connectivity index (χ1) is 6.72. The van der Waals surface area contributed by atoms with Crippen LogP contribution in [0.25, 0.3) is 0 Å². The summed E-state index contributed by atoms with van der Waals surface area (Å²) < 4.78 is 6.34. The molecule has 0 amide bonds. The fraction of sp³-hybridized carbons (Fsp3) is 0.455. The lowest BCUT2D eigenvalue weighted by molar-refractivity contribution is 0.412. The van der Waals surface area contributed by atoms with Crippen molar-refractivity contribution in [2.75, 3.05) is 25.6 Å². The molecule has 0 unspecified atom stereocenters. The average Bonchev–Trinajstić information content (AvgIpc) is 2.17. The van der Waals surface area contributed by atoms with Crippen molar-refractivity contribution in [3.63, 3.8) is 0 Å². The molecule has 1 heterocycles. The summed E-state index contributed by atoms with van der Waals surface area (Å²) in [7, 11) is 3.83. The van der Waals surface area contributed by atoms with E-state index in [1.165, 1.54) is 24.1 Å². The molecule has 0 atom stereocenters. The van der Waals surface area contributed by atoms with Crippen molar-refractivity contribution in [2.45, 2.75) is 12.8 Å². The second-order valence-corrected chi connectivity index (χ2v) is 4.49. The SMILES string of the molecule is COc1cc2c(cc1Br)CCCN2C. The third kappa shape index (κ3) is 1.61. The van der Waals surface area contributed by atoms with Gasteiger partial charge in [0.15, 0.2) is 0 Å². The maximum atomic E-state index is 5.29. The Labute approximate surface area is 93.0 Å². The second kappa shape index (κ2) is 3.81. The highest BCUT2D eigenvalue weighted by Gasteiger charge is 2.16. The largest absolute Gasteiger partial charge is 0.495 e. The number of hydrogen-bond donors (Lipinski definition) is 0. The number of halogens is 1. The van der Waals surface area contributed by atoms with Gasteiger partial charge >= 0.3 is 0 Å². The molecule has 1 aromatic carbocycles. The molecule has 2 rings (SSSR count). The molecule has 0 aliphatic carbocycles. The second-order valence-electron chi connectivity index (χ2n) is 3.64. The molecule has 0 N–H and O–H groups in total. The maximum Gasteiger partial charge on any atom is 0.135 e. The quantitative estimate of drug-likeness (QED) is 0.766. The van der Waals surface area contributed by atoms with Crippen LogP contribution in [-0.2, 0) is 6.42 Å². The lowest BCUT2D eigenvalue weighted by Gasteiger charge is -2.28. The van der Waals surface area contributed by atoms with Gasteiger partial charge < -0.3 is 9.64 Å². The molecule has 0 aromatic heterocycles. The predicted molar refractivity (Wildman–Crippen MR) is 62.3 cm³/mol. The zero-order valence-electron chi connectivity index (χ0n) is 8.51. The summed E-state index contributed by atoms with van der Waals surface area (Å²) in [5, 5.41) is 0. The third-order valence-electron chi connectivity index (χ3n) is 2.70. The summed E-state index contributed by atoms with van der Waals surface area (Å²) in [6, 6.07) is 4.28. The lowest BCUT2D eigenvalue weighted by atomic mass is 10.0. The smallest absolute Gasteiger partial charge is 0.135 e. The predicted octanol–water partition coefficient (Wildman–Crippen LogP) is 2.84. The number of aryl methyl sites for hydroxylation is 1. The average molecular weight is 256 g/mol. The molecule has 0 saturated carbocycles. The Balaban J connectivity index is 2.49. The van der Waals surface area contributed by atoms with E-state index in [9.17, 15) is 0 Å². The minimum absolute atomic E-state index is 0.914. The molecule has 0 fully saturated rings. The number of nitrogens with zero attached hydrogens (tertiary/aromatic N) is 1. The summed E-state index contributed by atoms with van der Waals surface area (Å²) in [5.74, 6) is 0.914. The minimum Gasteiger partial charge on any atom is -0.495 e. The van der Waals surface area contributed by atoms with Crippen LogP contribution in [0.4, 0.5) is 5.69 Å². The number of methoxy groups -OCH3 is 1. The molecule has 14 heavy (non-hydrogen) atoms. The molecular weight excluding hydrogens is 242 g/mol. The van der Waals surface area contributed by atoms with E-state index in [1.807, 2.05) is 0 Å². The van der Waals surface area contributed by atoms with E-state index in [2.05, 4.69) is 40.0 Å². The van der Waals surface area contributed by atoms with Crippen molar-refractivity contribution in [2.24, 2.45) is 0 Å². The highest BCUT2D eigenvalue weighted by Crippen LogP contribution is 2.35. The lowest BCUT2D eigenvalue weighted by Crippen LogP contribution is -2.24. The first-order valence-corrected chi connectivity index (χ1v) is 5.59. The summed E-state index contributed by atoms with van der Waals surface area (Å²) in [6.07, 6.45) is 2.41. The zero-order valence-corrected chi connectivity index (χ0v) is 10.1. The van der Waals surface area contributed by atoms with Crippen molar-refractivity contribution in [3.8, 4) is 5.75 Å². The topological polar surface area (TPSA) is 12.5 Å². The molecular formula is C11H14BrNO. The van der Waals surface area contributed by atoms with Crippen LogP contribution in [0.5, 0.6) is 5.75 Å². The van der Waals surface area contributed by atoms with E-state index in [4.69, 9.17) is 4.74 Å². The van der Waals surface area contributed by atoms with E-state index >= 15 is 0 Å². The van der Waals surface area contributed by atoms with Gasteiger partial charge in [-0.2, -0.15) is 0 Å². The molecule has 0 bridgehead atoms. The number of hydrogen-bond acceptors (Lipinski definition) is 2. The van der Waals surface area contributed by atoms with Gasteiger partial charge in [-0.3, -0.25) is 0 Å². The minimum atomic E-state index is 0.914. The van der Waals surface area contributed by atoms with Gasteiger partial charge in [-0.1, -0.05) is 0 Å². The Morgan fingerprint density at radius 3 is 2.93 bits per heavy atom. The van der Waals surface area contributed by atoms with E-state index in [0.717, 1.165) is 16.8 Å². The van der Waals surface area contributed by atoms with Crippen LogP contribution in [0.1, 0.15) is 12.0 Å². The highest BCUT2D eigenvalue weighted by atomic mass is 79.9. The van der Waals surface area contributed by atoms with Crippen LogP contribution < -0.4 is 9.64 Å². The van der Waals surface area contributed by atoms with E-state index in [-0.39, 0.29) is 0 Å². The molecule has 0 radical (unpaired) electrons. The van der Waals surface area contributed by atoms with Crippen LogP contribution in [0.15, 0.2) is 16.6 Å². The van der Waals surface area contributed by atoms with Gasteiger partial charge in [0.05, 0.1) is 11.6 Å². The van der Waals surface area contributed by atoms with Crippen molar-refractivity contribution in [1.82, 2.24) is 0 Å². The number of anilines is 1. The zero-order chi connectivity index (χ0) is 10.1. The maximum absolute atomic E-state index is 5.29. The van der Waals surface area contributed by atoms with Gasteiger partial charge in [0.2, 0.25) is 0 Å². The molecule has 0 saturated heterocycles. The van der Waals surface area contributed by atoms with Gasteiger partial charge in [0.1, 0.15) is 5.75 Å². The van der Waals surface area contributed by atoms with Crippen molar-refractivity contribution < 1.29 is 4.74 Å². The first kappa shape index (κ1) is 9.84. The van der Waals surface area contributed by atoms with Crippen LogP contribution in [0.3, 0.4) is 0 Å². The Hall–Kier alpha value is -0.700. The molecule has 2 nitrogen and oxygen atoms in total. The summed E-state index contributed by atoms with van der Waals surface area (Å²) >= 11 is 3.51. The number of ether oxygens (including phenoxy) is 1. The molecule has 0 spiro atoms. The summed E-state index contributed by atoms with van der Waals surface area (Å²) in [4.78, 5) is 2.29. The Bertz CT molecular complexity index is 351. The Morgan fingerprint density at radius 1 is 1.43 bits per heavy atom. The summed E-state index contributed by atoms with van der Waals surface area (Å²) in [6.45, 7) is 1.14. The van der Waals surface area contributed by atoms with Gasteiger partial charge in [-0.15, -0.1) is 0 Å². The highest BCUT2D eigenvalue weighted by molar-refractivity contribution is 9.10. The van der Waals surface area contributed by atoms with Gasteiger partial charge in [0, 0.05) is 25.3 Å². The Kier molecular flexibility index (Phi) is 2.68. The third-order valence-corrected chi connectivity index (χ3v) is 3.32. The van der Waals surface area contributed by atoms with Gasteiger partial charge in [-0.05, 0) is 40.4 Å². The van der Waals surface area contributed by atoms with Crippen LogP contribution >= 0.6 is 15.9 Å². The van der Waals surface area contributed by atoms with Crippen LogP contribution in [0, 0.1) is 0 Å². The molecule has 76 valence electrons. The molecule has 1 aliphatic heterocycles. The van der Waals surface area contributed by atoms with Crippen LogP contribution in [-0.4, -0.2) is 20.7 Å². The number of fused-ring (bicyclic) bond motifs is 1. The number of rotatable bonds is 1. The van der Waals surface area contributed by atoms with Crippen LogP contribution in [0.2, 0.25) is 0 Å². The monoisotopic (exact) mass is 255 g/mol. The normalized spacial score (nSPS) is 15.2. The van der Waals surface area contributed by atoms with Gasteiger partial charge in [-0.25, -0.2) is 0 Å². The van der Waals surface area contributed by atoms with Crippen molar-refractivity contribution in [1.29, 1.82) is 0 Å². The fourth-order valence-corrected chi connectivity index (χ4v) is 2.48. The van der Waals surface area contributed by atoms with E-state index < -0.39 is 0 Å². The van der Waals surface area contributed by atoms with Gasteiger partial charge in [0.25, 0.3) is 0 Å². The fourth-order valence-electron chi connectivity index (χ4n) is 1.92. The van der Waals surface area contributed by atoms with E-state index in [1.54, 1.807) is 7.11 Å². The summed E-state index contributed by atoms with van der Waals surface area (Å²) in [5.41, 5.74) is 2.71. The first-order valence-electron chi connectivity index (χ1n) is 4.80. The molecule has 3 heteroatoms. The Morgan fingerprint density at radius 2 is 2.21 bits per heavy atom. The molecule has 1 aliphatic rings. The molecule has 1 aromatic rings. The standard InChI is InChI=1S/C11H14BrNO/c1-13-5-3-4-8-6-9(12)11(14-2)7-10(8)13/h6-7H,3-5H2,1-2H3. The van der Waals surface area contributed by atoms with E-state index in [0.29, 0.717) is 0 Å². The number of benzene rings is 1.